The summed E-state index contributed by atoms with van der Waals surface area (Å²) in [4.78, 5) is 14.9. The zero-order chi connectivity index (χ0) is 21.8. The highest BCUT2D eigenvalue weighted by atomic mass is 16.5. The number of carbonyl (C=O) groups is 1. The van der Waals surface area contributed by atoms with Crippen molar-refractivity contribution >= 4 is 5.91 Å². The lowest BCUT2D eigenvalue weighted by Crippen LogP contribution is -2.27. The van der Waals surface area contributed by atoms with Gasteiger partial charge in [0.05, 0.1) is 27.0 Å². The van der Waals surface area contributed by atoms with Crippen LogP contribution >= 0.6 is 0 Å². The van der Waals surface area contributed by atoms with E-state index in [1.54, 1.807) is 40.2 Å². The highest BCUT2D eigenvalue weighted by Gasteiger charge is 2.26. The maximum absolute atomic E-state index is 13.3. The Kier molecular flexibility index (Phi) is 6.30. The van der Waals surface area contributed by atoms with Gasteiger partial charge in [0.2, 0.25) is 5.75 Å². The van der Waals surface area contributed by atoms with E-state index in [9.17, 15) is 4.79 Å². The van der Waals surface area contributed by atoms with Crippen molar-refractivity contribution in [2.24, 2.45) is 0 Å². The second-order valence-electron chi connectivity index (χ2n) is 6.98. The maximum atomic E-state index is 13.3. The number of carbonyl (C=O) groups excluding carboxylic acids is 1. The largest absolute Gasteiger partial charge is 0.493 e. The van der Waals surface area contributed by atoms with E-state index >= 15 is 0 Å². The fourth-order valence-electron chi connectivity index (χ4n) is 3.40. The van der Waals surface area contributed by atoms with Gasteiger partial charge in [0.25, 0.3) is 5.91 Å². The van der Waals surface area contributed by atoms with Crippen molar-refractivity contribution in [1.82, 2.24) is 10.1 Å². The molecule has 2 aromatic carbocycles. The number of aryl methyl sites for hydroxylation is 2. The summed E-state index contributed by atoms with van der Waals surface area (Å²) in [6, 6.07) is 11.4. The molecular formula is C23H26N2O5. The Morgan fingerprint density at radius 2 is 1.67 bits per heavy atom. The molecule has 0 aliphatic rings. The third-order valence-electron chi connectivity index (χ3n) is 4.96. The first-order valence-electron chi connectivity index (χ1n) is 9.47. The van der Waals surface area contributed by atoms with Crippen LogP contribution in [-0.2, 0) is 6.54 Å². The summed E-state index contributed by atoms with van der Waals surface area (Å²) in [6.45, 7) is 4.08. The molecular weight excluding hydrogens is 384 g/mol. The molecule has 3 aromatic rings. The Hall–Kier alpha value is -3.48. The van der Waals surface area contributed by atoms with Crippen LogP contribution in [0.3, 0.4) is 0 Å². The number of hydrogen-bond donors (Lipinski definition) is 0. The molecule has 0 N–H and O–H groups in total. The molecule has 0 unspecified atom stereocenters. The average Bonchev–Trinajstić information content (AvgIpc) is 3.13. The highest BCUT2D eigenvalue weighted by molar-refractivity contribution is 6.00. The number of aromatic nitrogens is 1. The van der Waals surface area contributed by atoms with Gasteiger partial charge in [-0.1, -0.05) is 29.4 Å². The SMILES string of the molecule is COc1cc(CN(C)C(=O)c2c(C)noc2-c2ccccc2C)cc(OC)c1OC. The van der Waals surface area contributed by atoms with E-state index in [0.29, 0.717) is 40.8 Å². The van der Waals surface area contributed by atoms with E-state index in [2.05, 4.69) is 5.16 Å². The number of nitrogens with zero attached hydrogens (tertiary/aromatic N) is 2. The van der Waals surface area contributed by atoms with Gasteiger partial charge in [-0.3, -0.25) is 4.79 Å². The second-order valence-corrected chi connectivity index (χ2v) is 6.98. The summed E-state index contributed by atoms with van der Waals surface area (Å²) >= 11 is 0. The molecule has 0 fully saturated rings. The van der Waals surface area contributed by atoms with Crippen molar-refractivity contribution < 1.29 is 23.5 Å². The summed E-state index contributed by atoms with van der Waals surface area (Å²) < 4.78 is 21.7. The van der Waals surface area contributed by atoms with Crippen molar-refractivity contribution in [3.63, 3.8) is 0 Å². The Morgan fingerprint density at radius 1 is 1.03 bits per heavy atom. The van der Waals surface area contributed by atoms with Gasteiger partial charge in [-0.2, -0.15) is 0 Å². The van der Waals surface area contributed by atoms with Crippen LogP contribution in [-0.4, -0.2) is 44.3 Å². The van der Waals surface area contributed by atoms with E-state index in [1.807, 2.05) is 43.3 Å². The minimum Gasteiger partial charge on any atom is -0.493 e. The van der Waals surface area contributed by atoms with Gasteiger partial charge < -0.3 is 23.6 Å². The number of amides is 1. The van der Waals surface area contributed by atoms with Gasteiger partial charge in [0.1, 0.15) is 5.56 Å². The molecule has 0 spiro atoms. The van der Waals surface area contributed by atoms with Crippen molar-refractivity contribution in [1.29, 1.82) is 0 Å². The first-order valence-corrected chi connectivity index (χ1v) is 9.47. The molecule has 0 radical (unpaired) electrons. The van der Waals surface area contributed by atoms with Crippen molar-refractivity contribution in [3.8, 4) is 28.6 Å². The third kappa shape index (κ3) is 3.96. The van der Waals surface area contributed by atoms with Gasteiger partial charge in [0.15, 0.2) is 17.3 Å². The lowest BCUT2D eigenvalue weighted by atomic mass is 10.0. The highest BCUT2D eigenvalue weighted by Crippen LogP contribution is 2.38. The number of hydrogen-bond acceptors (Lipinski definition) is 6. The number of methoxy groups -OCH3 is 3. The number of rotatable bonds is 7. The van der Waals surface area contributed by atoms with E-state index in [4.69, 9.17) is 18.7 Å². The first-order chi connectivity index (χ1) is 14.4. The van der Waals surface area contributed by atoms with Gasteiger partial charge in [0, 0.05) is 19.2 Å². The van der Waals surface area contributed by atoms with Gasteiger partial charge >= 0.3 is 0 Å². The Bertz CT molecular complexity index is 1030. The molecule has 0 saturated carbocycles. The summed E-state index contributed by atoms with van der Waals surface area (Å²) in [5.74, 6) is 1.88. The lowest BCUT2D eigenvalue weighted by molar-refractivity contribution is 0.0784. The van der Waals surface area contributed by atoms with E-state index in [1.165, 1.54) is 0 Å². The summed E-state index contributed by atoms with van der Waals surface area (Å²) in [7, 11) is 6.41. The molecule has 0 aliphatic heterocycles. The molecule has 1 aromatic heterocycles. The Balaban J connectivity index is 1.93. The molecule has 158 valence electrons. The molecule has 3 rings (SSSR count). The topological polar surface area (TPSA) is 74.0 Å². The zero-order valence-electron chi connectivity index (χ0n) is 18.1. The van der Waals surface area contributed by atoms with Crippen LogP contribution in [0.5, 0.6) is 17.2 Å². The van der Waals surface area contributed by atoms with Gasteiger partial charge in [-0.25, -0.2) is 0 Å². The van der Waals surface area contributed by atoms with Crippen molar-refractivity contribution in [2.45, 2.75) is 20.4 Å². The summed E-state index contributed by atoms with van der Waals surface area (Å²) in [5.41, 5.74) is 3.71. The predicted molar refractivity (Wildman–Crippen MR) is 113 cm³/mol. The van der Waals surface area contributed by atoms with Crippen LogP contribution in [0.25, 0.3) is 11.3 Å². The number of ether oxygens (including phenoxy) is 3. The zero-order valence-corrected chi connectivity index (χ0v) is 18.1. The van der Waals surface area contributed by atoms with Gasteiger partial charge in [-0.05, 0) is 37.1 Å². The summed E-state index contributed by atoms with van der Waals surface area (Å²) in [5, 5.41) is 4.04. The first kappa shape index (κ1) is 21.2. The molecule has 1 heterocycles. The minimum absolute atomic E-state index is 0.180. The molecule has 1 amide bonds. The average molecular weight is 410 g/mol. The smallest absolute Gasteiger partial charge is 0.259 e. The van der Waals surface area contributed by atoms with Crippen LogP contribution in [0.15, 0.2) is 40.9 Å². The van der Waals surface area contributed by atoms with Crippen LogP contribution in [0, 0.1) is 13.8 Å². The third-order valence-corrected chi connectivity index (χ3v) is 4.96. The normalized spacial score (nSPS) is 10.6. The fraction of sp³-hybridized carbons (Fsp3) is 0.304. The van der Waals surface area contributed by atoms with Crippen molar-refractivity contribution in [3.05, 3.63) is 58.8 Å². The molecule has 0 aliphatic carbocycles. The van der Waals surface area contributed by atoms with Crippen LogP contribution in [0.1, 0.15) is 27.2 Å². The Labute approximate surface area is 176 Å². The van der Waals surface area contributed by atoms with Crippen LogP contribution in [0.2, 0.25) is 0 Å². The van der Waals surface area contributed by atoms with Crippen LogP contribution in [0.4, 0.5) is 0 Å². The van der Waals surface area contributed by atoms with E-state index in [0.717, 1.165) is 16.7 Å². The Morgan fingerprint density at radius 3 is 2.23 bits per heavy atom. The fourth-order valence-corrected chi connectivity index (χ4v) is 3.40. The van der Waals surface area contributed by atoms with Crippen LogP contribution < -0.4 is 14.2 Å². The molecule has 7 heteroatoms. The van der Waals surface area contributed by atoms with E-state index in [-0.39, 0.29) is 5.91 Å². The molecule has 30 heavy (non-hydrogen) atoms. The quantitative estimate of drug-likeness (QED) is 0.580. The van der Waals surface area contributed by atoms with Gasteiger partial charge in [-0.15, -0.1) is 0 Å². The predicted octanol–water partition coefficient (Wildman–Crippen LogP) is 4.26. The van der Waals surface area contributed by atoms with Crippen molar-refractivity contribution in [2.75, 3.05) is 28.4 Å². The molecule has 0 atom stereocenters. The number of benzene rings is 2. The molecule has 0 saturated heterocycles. The minimum atomic E-state index is -0.180. The maximum Gasteiger partial charge on any atom is 0.259 e. The second kappa shape index (κ2) is 8.90. The monoisotopic (exact) mass is 410 g/mol. The molecule has 7 nitrogen and oxygen atoms in total. The summed E-state index contributed by atoms with van der Waals surface area (Å²) in [6.07, 6.45) is 0. The van der Waals surface area contributed by atoms with E-state index < -0.39 is 0 Å². The molecule has 0 bridgehead atoms. The standard InChI is InChI=1S/C23H26N2O5/c1-14-9-7-8-10-17(14)21-20(15(2)24-30-21)23(26)25(3)13-16-11-18(27-4)22(29-6)19(12-16)28-5/h7-12H,13H2,1-6H3. The lowest BCUT2D eigenvalue weighted by Gasteiger charge is -2.20.